The van der Waals surface area contributed by atoms with E-state index in [2.05, 4.69) is 5.32 Å². The number of amides is 1. The fourth-order valence-corrected chi connectivity index (χ4v) is 2.88. The van der Waals surface area contributed by atoms with Crippen molar-refractivity contribution in [2.45, 2.75) is 75.8 Å². The third-order valence-corrected chi connectivity index (χ3v) is 4.57. The van der Waals surface area contributed by atoms with Gasteiger partial charge in [0.2, 0.25) is 5.91 Å². The first kappa shape index (κ1) is 24.9. The number of aliphatic hydroxyl groups excluding tert-OH is 4. The molecule has 0 aromatic heterocycles. The van der Waals surface area contributed by atoms with Crippen molar-refractivity contribution in [3.8, 4) is 0 Å². The molecule has 1 fully saturated rings. The molecule has 28 heavy (non-hydrogen) atoms. The maximum absolute atomic E-state index is 11.6. The minimum absolute atomic E-state index is 0.414. The van der Waals surface area contributed by atoms with Crippen LogP contribution in [0.4, 0.5) is 0 Å². The lowest BCUT2D eigenvalue weighted by molar-refractivity contribution is -0.288. The summed E-state index contributed by atoms with van der Waals surface area (Å²) in [5, 5.41) is 42.0. The molecular weight excluding hydrogens is 378 g/mol. The van der Waals surface area contributed by atoms with Gasteiger partial charge in [-0.3, -0.25) is 4.79 Å². The molecule has 1 amide bonds. The van der Waals surface area contributed by atoms with Crippen molar-refractivity contribution in [1.29, 1.82) is 0 Å². The Hall–Kier alpha value is -1.18. The van der Waals surface area contributed by atoms with Gasteiger partial charge in [0.25, 0.3) is 0 Å². The molecule has 11 nitrogen and oxygen atoms in total. The van der Waals surface area contributed by atoms with Crippen LogP contribution in [0.1, 0.15) is 20.8 Å². The smallest absolute Gasteiger partial charge is 0.217 e. The Kier molecular flexibility index (Phi) is 10.4. The maximum atomic E-state index is 11.6. The largest absolute Gasteiger partial charge is 0.394 e. The van der Waals surface area contributed by atoms with Crippen molar-refractivity contribution in [3.05, 3.63) is 0 Å². The van der Waals surface area contributed by atoms with E-state index < -0.39 is 74.2 Å². The van der Waals surface area contributed by atoms with Crippen molar-refractivity contribution in [1.82, 2.24) is 5.32 Å². The van der Waals surface area contributed by atoms with Gasteiger partial charge in [-0.2, -0.15) is 0 Å². The molecule has 11 heteroatoms. The lowest BCUT2D eigenvalue weighted by Crippen LogP contribution is -2.65. The third-order valence-electron chi connectivity index (χ3n) is 4.57. The number of carbonyl (C=O) groups excluding carboxylic acids is 2. The summed E-state index contributed by atoms with van der Waals surface area (Å²) in [6, 6.07) is -0.846. The molecule has 1 aliphatic rings. The summed E-state index contributed by atoms with van der Waals surface area (Å²) in [6.07, 6.45) is -8.63. The molecule has 5 N–H and O–H groups in total. The Balaban J connectivity index is 3.10. The highest BCUT2D eigenvalue weighted by Gasteiger charge is 2.46. The van der Waals surface area contributed by atoms with Crippen LogP contribution in [0.25, 0.3) is 0 Å². The van der Waals surface area contributed by atoms with Gasteiger partial charge in [-0.1, -0.05) is 0 Å². The highest BCUT2D eigenvalue weighted by atomic mass is 16.7. The fraction of sp³-hybridized carbons (Fsp3) is 0.882. The molecule has 1 saturated heterocycles. The number of carbonyl (C=O) groups is 2. The van der Waals surface area contributed by atoms with Crippen molar-refractivity contribution in [2.24, 2.45) is 0 Å². The quantitative estimate of drug-likeness (QED) is 0.179. The number of aliphatic hydroxyl groups is 4. The van der Waals surface area contributed by atoms with E-state index in [0.29, 0.717) is 6.29 Å². The molecule has 1 rings (SSSR count). The second kappa shape index (κ2) is 11.7. The Morgan fingerprint density at radius 2 is 2.00 bits per heavy atom. The number of nitrogens with one attached hydrogen (secondary N) is 1. The molecule has 8 unspecified atom stereocenters. The van der Waals surface area contributed by atoms with Gasteiger partial charge in [0.05, 0.1) is 31.5 Å². The van der Waals surface area contributed by atoms with Crippen LogP contribution >= 0.6 is 0 Å². The van der Waals surface area contributed by atoms with Crippen molar-refractivity contribution in [3.63, 3.8) is 0 Å². The van der Waals surface area contributed by atoms with Gasteiger partial charge in [-0.25, -0.2) is 0 Å². The molecule has 1 heterocycles. The van der Waals surface area contributed by atoms with Crippen LogP contribution in [0.2, 0.25) is 0 Å². The van der Waals surface area contributed by atoms with Crippen LogP contribution in [0.3, 0.4) is 0 Å². The first-order valence-corrected chi connectivity index (χ1v) is 8.99. The lowest BCUT2D eigenvalue weighted by Gasteiger charge is -2.45. The van der Waals surface area contributed by atoms with Gasteiger partial charge < -0.3 is 49.5 Å². The summed E-state index contributed by atoms with van der Waals surface area (Å²) in [6.45, 7) is 3.19. The molecule has 0 bridgehead atoms. The van der Waals surface area contributed by atoms with E-state index in [4.69, 9.17) is 18.9 Å². The number of hydrogen-bond acceptors (Lipinski definition) is 10. The predicted octanol–water partition coefficient (Wildman–Crippen LogP) is -2.68. The molecule has 0 radical (unpaired) electrons. The minimum Gasteiger partial charge on any atom is -0.394 e. The first-order valence-electron chi connectivity index (χ1n) is 8.99. The van der Waals surface area contributed by atoms with E-state index in [0.717, 1.165) is 0 Å². The summed E-state index contributed by atoms with van der Waals surface area (Å²) in [5.74, 6) is -0.414. The molecule has 0 aromatic carbocycles. The lowest BCUT2D eigenvalue weighted by atomic mass is 9.93. The van der Waals surface area contributed by atoms with Crippen molar-refractivity contribution in [2.75, 3.05) is 20.3 Å². The highest BCUT2D eigenvalue weighted by molar-refractivity contribution is 5.73. The van der Waals surface area contributed by atoms with Crippen LogP contribution in [0, 0.1) is 0 Å². The Bertz CT molecular complexity index is 493. The molecule has 9 atom stereocenters. The van der Waals surface area contributed by atoms with E-state index >= 15 is 0 Å². The van der Waals surface area contributed by atoms with Crippen molar-refractivity contribution >= 4 is 12.2 Å². The van der Waals surface area contributed by atoms with Gasteiger partial charge in [0, 0.05) is 14.0 Å². The summed E-state index contributed by atoms with van der Waals surface area (Å²) >= 11 is 0. The van der Waals surface area contributed by atoms with E-state index in [1.165, 1.54) is 14.0 Å². The molecule has 0 aromatic rings. The predicted molar refractivity (Wildman–Crippen MR) is 94.2 cm³/mol. The number of ether oxygens (including phenoxy) is 4. The van der Waals surface area contributed by atoms with Crippen LogP contribution in [-0.4, -0.2) is 108 Å². The summed E-state index contributed by atoms with van der Waals surface area (Å²) < 4.78 is 21.7. The second-order valence-corrected chi connectivity index (χ2v) is 6.68. The van der Waals surface area contributed by atoms with Gasteiger partial charge in [-0.05, 0) is 13.8 Å². The molecule has 1 aliphatic heterocycles. The molecule has 164 valence electrons. The monoisotopic (exact) mass is 409 g/mol. The van der Waals surface area contributed by atoms with Gasteiger partial charge in [-0.15, -0.1) is 0 Å². The van der Waals surface area contributed by atoms with Crippen molar-refractivity contribution < 1.29 is 49.0 Å². The van der Waals surface area contributed by atoms with E-state index in [1.807, 2.05) is 0 Å². The van der Waals surface area contributed by atoms with E-state index in [-0.39, 0.29) is 0 Å². The van der Waals surface area contributed by atoms with Crippen LogP contribution in [0.5, 0.6) is 0 Å². The molecule has 0 aliphatic carbocycles. The highest BCUT2D eigenvalue weighted by Crippen LogP contribution is 2.26. The van der Waals surface area contributed by atoms with Crippen LogP contribution in [-0.2, 0) is 28.5 Å². The Labute approximate surface area is 163 Å². The topological polar surface area (TPSA) is 164 Å². The number of aldehydes is 1. The normalized spacial score (nSPS) is 32.2. The van der Waals surface area contributed by atoms with Gasteiger partial charge in [0.1, 0.15) is 30.5 Å². The summed E-state index contributed by atoms with van der Waals surface area (Å²) in [5.41, 5.74) is 0. The Morgan fingerprint density at radius 3 is 2.46 bits per heavy atom. The standard InChI is InChI=1S/C17H31NO10/c1-8(25-4)12(6-20)27-17(11(23)5-19)28-16-14(18-10(3)22)9(2)26-13(7-21)15(16)24/h6,8-9,11-17,19,21,23-24H,5,7H2,1-4H3,(H,18,22)/t8?,9?,11-,12?,13?,14?,15?,16?,17?/m0/s1. The van der Waals surface area contributed by atoms with Crippen LogP contribution in [0.15, 0.2) is 0 Å². The third kappa shape index (κ3) is 6.42. The second-order valence-electron chi connectivity index (χ2n) is 6.68. The van der Waals surface area contributed by atoms with Crippen LogP contribution < -0.4 is 5.32 Å². The van der Waals surface area contributed by atoms with Gasteiger partial charge in [0.15, 0.2) is 12.6 Å². The molecule has 0 saturated carbocycles. The first-order chi connectivity index (χ1) is 13.2. The average Bonchev–Trinajstić information content (AvgIpc) is 2.67. The zero-order valence-electron chi connectivity index (χ0n) is 16.4. The fourth-order valence-electron chi connectivity index (χ4n) is 2.88. The molecule has 0 spiro atoms. The maximum Gasteiger partial charge on any atom is 0.217 e. The SMILES string of the molecule is COC(C)C(C=O)OC(OC1C(O)C(CO)OC(C)C1NC(C)=O)[C@@H](O)CO. The molecular formula is C17H31NO10. The van der Waals surface area contributed by atoms with E-state index in [9.17, 15) is 30.0 Å². The van der Waals surface area contributed by atoms with Gasteiger partial charge >= 0.3 is 0 Å². The number of rotatable bonds is 11. The van der Waals surface area contributed by atoms with E-state index in [1.54, 1.807) is 13.8 Å². The average molecular weight is 409 g/mol. The summed E-state index contributed by atoms with van der Waals surface area (Å²) in [4.78, 5) is 22.9. The minimum atomic E-state index is -1.55. The zero-order valence-corrected chi connectivity index (χ0v) is 16.4. The Morgan fingerprint density at radius 1 is 1.36 bits per heavy atom. The zero-order chi connectivity index (χ0) is 21.4. The number of hydrogen-bond donors (Lipinski definition) is 5. The summed E-state index contributed by atoms with van der Waals surface area (Å²) in [7, 11) is 1.37. The number of methoxy groups -OCH3 is 1.